The van der Waals surface area contributed by atoms with Crippen molar-refractivity contribution < 1.29 is 13.9 Å². The molecule has 0 fully saturated rings. The van der Waals surface area contributed by atoms with Gasteiger partial charge < -0.3 is 5.11 Å². The lowest BCUT2D eigenvalue weighted by atomic mass is 10.2. The zero-order valence-electron chi connectivity index (χ0n) is 5.97. The summed E-state index contributed by atoms with van der Waals surface area (Å²) in [6.07, 6.45) is -1.23. The van der Waals surface area contributed by atoms with Crippen LogP contribution in [-0.2, 0) is 6.61 Å². The fraction of sp³-hybridized carbons (Fsp3) is 0.286. The predicted molar refractivity (Wildman–Crippen MR) is 42.8 cm³/mol. The van der Waals surface area contributed by atoms with Gasteiger partial charge in [-0.25, -0.2) is 13.8 Å². The molecule has 0 saturated carbocycles. The van der Waals surface area contributed by atoms with E-state index in [4.69, 9.17) is 5.11 Å². The van der Waals surface area contributed by atoms with E-state index < -0.39 is 6.43 Å². The van der Waals surface area contributed by atoms with E-state index in [1.54, 1.807) is 0 Å². The van der Waals surface area contributed by atoms with E-state index in [1.165, 1.54) is 12.3 Å². The van der Waals surface area contributed by atoms with Gasteiger partial charge in [-0.15, -0.1) is 0 Å². The standard InChI is InChI=1S/C7H6BrF2NO/c8-6-5(7(9)10)1-4(3-12)2-11-6/h1-2,7,12H,3H2. The van der Waals surface area contributed by atoms with E-state index in [9.17, 15) is 8.78 Å². The summed E-state index contributed by atoms with van der Waals surface area (Å²) in [6.45, 7) is -0.278. The zero-order valence-corrected chi connectivity index (χ0v) is 7.55. The topological polar surface area (TPSA) is 33.1 Å². The van der Waals surface area contributed by atoms with E-state index in [0.29, 0.717) is 5.56 Å². The fourth-order valence-electron chi connectivity index (χ4n) is 0.750. The second-order valence-corrected chi connectivity index (χ2v) is 2.93. The molecule has 0 aliphatic rings. The molecule has 1 aromatic heterocycles. The van der Waals surface area contributed by atoms with Gasteiger partial charge in [-0.05, 0) is 27.6 Å². The van der Waals surface area contributed by atoms with Gasteiger partial charge in [0.1, 0.15) is 4.60 Å². The second-order valence-electron chi connectivity index (χ2n) is 2.18. The average Bonchev–Trinajstić information content (AvgIpc) is 2.05. The van der Waals surface area contributed by atoms with Crippen molar-refractivity contribution in [2.24, 2.45) is 0 Å². The van der Waals surface area contributed by atoms with Crippen molar-refractivity contribution in [1.82, 2.24) is 4.98 Å². The van der Waals surface area contributed by atoms with Gasteiger partial charge in [-0.2, -0.15) is 0 Å². The van der Waals surface area contributed by atoms with Crippen LogP contribution in [-0.4, -0.2) is 10.1 Å². The first kappa shape index (κ1) is 9.54. The Hall–Kier alpha value is -0.550. The van der Waals surface area contributed by atoms with Crippen molar-refractivity contribution in [2.45, 2.75) is 13.0 Å². The number of pyridine rings is 1. The van der Waals surface area contributed by atoms with Crippen LogP contribution in [0.5, 0.6) is 0 Å². The number of alkyl halides is 2. The first-order valence-corrected chi connectivity index (χ1v) is 3.97. The van der Waals surface area contributed by atoms with Gasteiger partial charge >= 0.3 is 0 Å². The van der Waals surface area contributed by atoms with Crippen LogP contribution in [0.2, 0.25) is 0 Å². The number of nitrogens with zero attached hydrogens (tertiary/aromatic N) is 1. The molecule has 1 rings (SSSR count). The third-order valence-corrected chi connectivity index (χ3v) is 2.00. The summed E-state index contributed by atoms with van der Waals surface area (Å²) in [5.41, 5.74) is 0.190. The molecule has 0 radical (unpaired) electrons. The molecule has 0 aliphatic heterocycles. The van der Waals surface area contributed by atoms with Gasteiger partial charge in [0.25, 0.3) is 6.43 Å². The Balaban J connectivity index is 3.08. The number of hydrogen-bond acceptors (Lipinski definition) is 2. The SMILES string of the molecule is OCc1cnc(Br)c(C(F)F)c1. The predicted octanol–water partition coefficient (Wildman–Crippen LogP) is 2.27. The molecule has 2 nitrogen and oxygen atoms in total. The maximum absolute atomic E-state index is 12.2. The molecule has 12 heavy (non-hydrogen) atoms. The van der Waals surface area contributed by atoms with Crippen molar-refractivity contribution in [3.63, 3.8) is 0 Å². The van der Waals surface area contributed by atoms with Crippen LogP contribution in [0.15, 0.2) is 16.9 Å². The molecule has 0 saturated heterocycles. The summed E-state index contributed by atoms with van der Waals surface area (Å²) >= 11 is 2.89. The number of hydrogen-bond donors (Lipinski definition) is 1. The van der Waals surface area contributed by atoms with E-state index in [-0.39, 0.29) is 16.8 Å². The van der Waals surface area contributed by atoms with Crippen LogP contribution in [0.3, 0.4) is 0 Å². The van der Waals surface area contributed by atoms with Gasteiger partial charge in [0.15, 0.2) is 0 Å². The normalized spacial score (nSPS) is 10.8. The largest absolute Gasteiger partial charge is 0.392 e. The van der Waals surface area contributed by atoms with Crippen molar-refractivity contribution in [3.8, 4) is 0 Å². The van der Waals surface area contributed by atoms with E-state index in [2.05, 4.69) is 20.9 Å². The minimum atomic E-state index is -2.57. The third-order valence-electron chi connectivity index (χ3n) is 1.34. The summed E-state index contributed by atoms with van der Waals surface area (Å²) in [5.74, 6) is 0. The Morgan fingerprint density at radius 1 is 1.58 bits per heavy atom. The van der Waals surface area contributed by atoms with Crippen LogP contribution >= 0.6 is 15.9 Å². The Morgan fingerprint density at radius 3 is 2.75 bits per heavy atom. The van der Waals surface area contributed by atoms with Crippen LogP contribution in [0.4, 0.5) is 8.78 Å². The lowest BCUT2D eigenvalue weighted by molar-refractivity contribution is 0.149. The minimum Gasteiger partial charge on any atom is -0.392 e. The lowest BCUT2D eigenvalue weighted by Crippen LogP contribution is -1.93. The molecule has 0 aliphatic carbocycles. The van der Waals surface area contributed by atoms with Crippen LogP contribution in [0.25, 0.3) is 0 Å². The Kier molecular flexibility index (Phi) is 3.11. The molecule has 1 heterocycles. The first-order chi connectivity index (χ1) is 5.65. The first-order valence-electron chi connectivity index (χ1n) is 3.18. The number of halogens is 3. The van der Waals surface area contributed by atoms with Crippen molar-refractivity contribution in [3.05, 3.63) is 28.0 Å². The minimum absolute atomic E-state index is 0.120. The third kappa shape index (κ3) is 1.98. The van der Waals surface area contributed by atoms with Gasteiger partial charge in [-0.1, -0.05) is 0 Å². The van der Waals surface area contributed by atoms with E-state index in [1.807, 2.05) is 0 Å². The zero-order chi connectivity index (χ0) is 9.14. The van der Waals surface area contributed by atoms with Gasteiger partial charge in [-0.3, -0.25) is 0 Å². The molecule has 0 spiro atoms. The average molecular weight is 238 g/mol. The number of aliphatic hydroxyl groups excluding tert-OH is 1. The molecular weight excluding hydrogens is 232 g/mol. The highest BCUT2D eigenvalue weighted by atomic mass is 79.9. The Labute approximate surface area is 76.4 Å². The van der Waals surface area contributed by atoms with Crippen LogP contribution < -0.4 is 0 Å². The summed E-state index contributed by atoms with van der Waals surface area (Å²) in [5, 5.41) is 8.63. The smallest absolute Gasteiger partial charge is 0.266 e. The number of aliphatic hydroxyl groups is 1. The monoisotopic (exact) mass is 237 g/mol. The molecule has 5 heteroatoms. The Morgan fingerprint density at radius 2 is 2.25 bits per heavy atom. The number of rotatable bonds is 2. The molecule has 0 amide bonds. The van der Waals surface area contributed by atoms with E-state index >= 15 is 0 Å². The summed E-state index contributed by atoms with van der Waals surface area (Å²) in [6, 6.07) is 1.22. The van der Waals surface area contributed by atoms with Crippen LogP contribution in [0, 0.1) is 0 Å². The maximum Gasteiger partial charge on any atom is 0.266 e. The lowest BCUT2D eigenvalue weighted by Gasteiger charge is -2.03. The summed E-state index contributed by atoms with van der Waals surface area (Å²) in [7, 11) is 0. The molecule has 0 atom stereocenters. The van der Waals surface area contributed by atoms with Crippen molar-refractivity contribution in [1.29, 1.82) is 0 Å². The molecule has 0 bridgehead atoms. The quantitative estimate of drug-likeness (QED) is 0.801. The van der Waals surface area contributed by atoms with Gasteiger partial charge in [0.05, 0.1) is 12.2 Å². The molecule has 1 N–H and O–H groups in total. The van der Waals surface area contributed by atoms with Crippen LogP contribution in [0.1, 0.15) is 17.6 Å². The summed E-state index contributed by atoms with van der Waals surface area (Å²) < 4.78 is 24.5. The van der Waals surface area contributed by atoms with E-state index in [0.717, 1.165) is 0 Å². The highest BCUT2D eigenvalue weighted by Gasteiger charge is 2.12. The molecule has 1 aromatic rings. The fourth-order valence-corrected chi connectivity index (χ4v) is 1.14. The summed E-state index contributed by atoms with van der Waals surface area (Å²) in [4.78, 5) is 3.65. The van der Waals surface area contributed by atoms with Gasteiger partial charge in [0, 0.05) is 6.20 Å². The highest BCUT2D eigenvalue weighted by molar-refractivity contribution is 9.10. The number of aromatic nitrogens is 1. The molecule has 0 aromatic carbocycles. The van der Waals surface area contributed by atoms with Crippen molar-refractivity contribution in [2.75, 3.05) is 0 Å². The molecular formula is C7H6BrF2NO. The highest BCUT2D eigenvalue weighted by Crippen LogP contribution is 2.26. The van der Waals surface area contributed by atoms with Gasteiger partial charge in [0.2, 0.25) is 0 Å². The molecule has 66 valence electrons. The Bertz CT molecular complexity index is 280. The maximum atomic E-state index is 12.2. The van der Waals surface area contributed by atoms with Crippen molar-refractivity contribution >= 4 is 15.9 Å². The second kappa shape index (κ2) is 3.91. The molecule has 0 unspecified atom stereocenters.